The third-order valence-corrected chi connectivity index (χ3v) is 3.74. The summed E-state index contributed by atoms with van der Waals surface area (Å²) < 4.78 is 7.18. The maximum absolute atomic E-state index is 5.34. The molecule has 2 heterocycles. The van der Waals surface area contributed by atoms with Gasteiger partial charge in [-0.25, -0.2) is 0 Å². The van der Waals surface area contributed by atoms with Crippen LogP contribution in [0.4, 0.5) is 0 Å². The van der Waals surface area contributed by atoms with Crippen molar-refractivity contribution < 1.29 is 4.52 Å². The van der Waals surface area contributed by atoms with Crippen molar-refractivity contribution in [3.63, 3.8) is 0 Å². The van der Waals surface area contributed by atoms with E-state index in [1.165, 1.54) is 0 Å². The Morgan fingerprint density at radius 3 is 2.90 bits per heavy atom. The number of hydrogen-bond donors (Lipinski definition) is 0. The molecule has 0 fully saturated rings. The number of aromatic nitrogens is 4. The van der Waals surface area contributed by atoms with Crippen molar-refractivity contribution in [2.24, 2.45) is 7.05 Å². The van der Waals surface area contributed by atoms with Crippen LogP contribution in [0, 0.1) is 0 Å². The third-order valence-electron chi connectivity index (χ3n) is 3.74. The van der Waals surface area contributed by atoms with E-state index in [1.807, 2.05) is 43.2 Å². The summed E-state index contributed by atoms with van der Waals surface area (Å²) >= 11 is 0. The molecule has 1 aromatic carbocycles. The summed E-state index contributed by atoms with van der Waals surface area (Å²) in [5.74, 6) is 1.25. The van der Waals surface area contributed by atoms with E-state index in [1.54, 1.807) is 0 Å². The van der Waals surface area contributed by atoms with Crippen LogP contribution in [0.25, 0.3) is 22.3 Å². The fraction of sp³-hybridized carbons (Fsp3) is 0.400. The molecule has 6 nitrogen and oxygen atoms in total. The van der Waals surface area contributed by atoms with Crippen molar-refractivity contribution in [2.75, 3.05) is 7.05 Å². The van der Waals surface area contributed by atoms with Gasteiger partial charge in [0.2, 0.25) is 11.7 Å². The van der Waals surface area contributed by atoms with Gasteiger partial charge in [-0.3, -0.25) is 9.58 Å². The van der Waals surface area contributed by atoms with Crippen LogP contribution in [0.1, 0.15) is 19.7 Å². The van der Waals surface area contributed by atoms with Crippen LogP contribution < -0.4 is 0 Å². The molecular weight excluding hydrogens is 266 g/mol. The lowest BCUT2D eigenvalue weighted by Crippen LogP contribution is -2.25. The molecule has 0 spiro atoms. The minimum absolute atomic E-state index is 0.436. The topological polar surface area (TPSA) is 60.0 Å². The summed E-state index contributed by atoms with van der Waals surface area (Å²) in [4.78, 5) is 6.63. The Morgan fingerprint density at radius 2 is 2.14 bits per heavy atom. The SMILES string of the molecule is CC(C)N(C)Cc1nc(-c2ccc3cnn(C)c3c2)no1. The van der Waals surface area contributed by atoms with Crippen molar-refractivity contribution >= 4 is 10.9 Å². The predicted octanol–water partition coefficient (Wildman–Crippen LogP) is 2.46. The molecule has 110 valence electrons. The van der Waals surface area contributed by atoms with E-state index in [-0.39, 0.29) is 0 Å². The Morgan fingerprint density at radius 1 is 1.33 bits per heavy atom. The molecule has 2 aromatic heterocycles. The van der Waals surface area contributed by atoms with E-state index in [2.05, 4.69) is 34.0 Å². The first-order valence-electron chi connectivity index (χ1n) is 6.99. The van der Waals surface area contributed by atoms with Crippen molar-refractivity contribution in [2.45, 2.75) is 26.4 Å². The zero-order chi connectivity index (χ0) is 15.0. The molecule has 0 bridgehead atoms. The number of benzene rings is 1. The molecule has 0 atom stereocenters. The molecule has 0 aliphatic heterocycles. The van der Waals surface area contributed by atoms with Gasteiger partial charge in [0, 0.05) is 24.0 Å². The van der Waals surface area contributed by atoms with Gasteiger partial charge in [-0.05, 0) is 27.0 Å². The molecule has 21 heavy (non-hydrogen) atoms. The predicted molar refractivity (Wildman–Crippen MR) is 80.6 cm³/mol. The minimum atomic E-state index is 0.436. The first kappa shape index (κ1) is 13.8. The summed E-state index contributed by atoms with van der Waals surface area (Å²) in [5.41, 5.74) is 1.99. The van der Waals surface area contributed by atoms with Crippen molar-refractivity contribution in [3.05, 3.63) is 30.3 Å². The lowest BCUT2D eigenvalue weighted by molar-refractivity contribution is 0.226. The third kappa shape index (κ3) is 2.67. The Hall–Kier alpha value is -2.21. The molecule has 0 N–H and O–H groups in total. The fourth-order valence-electron chi connectivity index (χ4n) is 2.12. The highest BCUT2D eigenvalue weighted by molar-refractivity contribution is 5.83. The van der Waals surface area contributed by atoms with Crippen molar-refractivity contribution in [1.82, 2.24) is 24.8 Å². The van der Waals surface area contributed by atoms with Gasteiger partial charge >= 0.3 is 0 Å². The molecule has 0 unspecified atom stereocenters. The average molecular weight is 285 g/mol. The van der Waals surface area contributed by atoms with Crippen molar-refractivity contribution in [1.29, 1.82) is 0 Å². The van der Waals surface area contributed by atoms with Crippen LogP contribution in [0.5, 0.6) is 0 Å². The van der Waals surface area contributed by atoms with Gasteiger partial charge < -0.3 is 4.52 Å². The monoisotopic (exact) mass is 285 g/mol. The zero-order valence-electron chi connectivity index (χ0n) is 12.7. The van der Waals surface area contributed by atoms with E-state index >= 15 is 0 Å². The fourth-order valence-corrected chi connectivity index (χ4v) is 2.12. The highest BCUT2D eigenvalue weighted by atomic mass is 16.5. The van der Waals surface area contributed by atoms with E-state index in [0.717, 1.165) is 16.5 Å². The lowest BCUT2D eigenvalue weighted by Gasteiger charge is -2.17. The Balaban J connectivity index is 1.89. The quantitative estimate of drug-likeness (QED) is 0.737. The summed E-state index contributed by atoms with van der Waals surface area (Å²) in [7, 11) is 3.96. The molecule has 0 radical (unpaired) electrons. The van der Waals surface area contributed by atoms with Crippen LogP contribution in [0.2, 0.25) is 0 Å². The van der Waals surface area contributed by atoms with E-state index in [9.17, 15) is 0 Å². The summed E-state index contributed by atoms with van der Waals surface area (Å²) in [6.45, 7) is 4.92. The standard InChI is InChI=1S/C15H19N5O/c1-10(2)19(3)9-14-17-15(18-21-14)11-5-6-12-8-16-20(4)13(12)7-11/h5-8,10H,9H2,1-4H3. The average Bonchev–Trinajstić information content (AvgIpc) is 3.06. The Kier molecular flexibility index (Phi) is 3.47. The highest BCUT2D eigenvalue weighted by Crippen LogP contribution is 2.22. The second kappa shape index (κ2) is 5.29. The molecule has 0 saturated carbocycles. The van der Waals surface area contributed by atoms with Crippen LogP contribution in [-0.2, 0) is 13.6 Å². The maximum Gasteiger partial charge on any atom is 0.241 e. The largest absolute Gasteiger partial charge is 0.338 e. The molecule has 3 rings (SSSR count). The van der Waals surface area contributed by atoms with Gasteiger partial charge in [-0.15, -0.1) is 0 Å². The number of fused-ring (bicyclic) bond motifs is 1. The summed E-state index contributed by atoms with van der Waals surface area (Å²) in [6.07, 6.45) is 1.85. The van der Waals surface area contributed by atoms with Crippen LogP contribution in [0.3, 0.4) is 0 Å². The maximum atomic E-state index is 5.34. The second-order valence-electron chi connectivity index (χ2n) is 5.56. The first-order chi connectivity index (χ1) is 10.0. The van der Waals surface area contributed by atoms with Gasteiger partial charge in [-0.1, -0.05) is 17.3 Å². The van der Waals surface area contributed by atoms with Gasteiger partial charge in [0.15, 0.2) is 0 Å². The molecule has 6 heteroatoms. The van der Waals surface area contributed by atoms with E-state index in [0.29, 0.717) is 24.3 Å². The summed E-state index contributed by atoms with van der Waals surface area (Å²) in [5, 5.41) is 9.42. The molecule has 0 saturated heterocycles. The van der Waals surface area contributed by atoms with Gasteiger partial charge in [0.25, 0.3) is 0 Å². The first-order valence-corrected chi connectivity index (χ1v) is 6.99. The van der Waals surface area contributed by atoms with Gasteiger partial charge in [0.1, 0.15) is 0 Å². The zero-order valence-corrected chi connectivity index (χ0v) is 12.7. The molecule has 0 amide bonds. The van der Waals surface area contributed by atoms with Crippen LogP contribution >= 0.6 is 0 Å². The van der Waals surface area contributed by atoms with Gasteiger partial charge in [-0.2, -0.15) is 10.1 Å². The molecule has 3 aromatic rings. The van der Waals surface area contributed by atoms with E-state index in [4.69, 9.17) is 4.52 Å². The molecule has 0 aliphatic carbocycles. The van der Waals surface area contributed by atoms with E-state index < -0.39 is 0 Å². The number of rotatable bonds is 4. The minimum Gasteiger partial charge on any atom is -0.338 e. The lowest BCUT2D eigenvalue weighted by atomic mass is 10.1. The molecule has 0 aliphatic rings. The van der Waals surface area contributed by atoms with Gasteiger partial charge in [0.05, 0.1) is 18.3 Å². The Bertz CT molecular complexity index is 758. The summed E-state index contributed by atoms with van der Waals surface area (Å²) in [6, 6.07) is 6.48. The number of aryl methyl sites for hydroxylation is 1. The second-order valence-corrected chi connectivity index (χ2v) is 5.56. The normalized spacial score (nSPS) is 11.9. The van der Waals surface area contributed by atoms with Crippen LogP contribution in [-0.4, -0.2) is 37.9 Å². The highest BCUT2D eigenvalue weighted by Gasteiger charge is 2.13. The van der Waals surface area contributed by atoms with Crippen molar-refractivity contribution in [3.8, 4) is 11.4 Å². The number of nitrogens with zero attached hydrogens (tertiary/aromatic N) is 5. The van der Waals surface area contributed by atoms with Crippen LogP contribution in [0.15, 0.2) is 28.9 Å². The molecular formula is C15H19N5O. The number of hydrogen-bond acceptors (Lipinski definition) is 5. The smallest absolute Gasteiger partial charge is 0.241 e. The Labute approximate surface area is 123 Å².